The molecule has 8 nitrogen and oxygen atoms in total. The number of hydrogen-bond acceptors (Lipinski definition) is 6. The molecule has 0 amide bonds. The molecule has 0 fully saturated rings. The fourth-order valence-electron chi connectivity index (χ4n) is 2.05. The number of fused-ring (bicyclic) bond motifs is 1. The van der Waals surface area contributed by atoms with Gasteiger partial charge in [0.1, 0.15) is 12.4 Å². The minimum Gasteiger partial charge on any atom is -0.477 e. The fourth-order valence-corrected chi connectivity index (χ4v) is 2.21. The van der Waals surface area contributed by atoms with Gasteiger partial charge in [-0.25, -0.2) is 4.98 Å². The first-order valence-electron chi connectivity index (χ1n) is 6.31. The second kappa shape index (κ2) is 5.57. The summed E-state index contributed by atoms with van der Waals surface area (Å²) in [5.74, 6) is 0.561. The first kappa shape index (κ1) is 14.2. The second-order valence-corrected chi connectivity index (χ2v) is 4.91. The van der Waals surface area contributed by atoms with Crippen LogP contribution in [-0.4, -0.2) is 24.5 Å². The van der Waals surface area contributed by atoms with Gasteiger partial charge in [-0.05, 0) is 25.1 Å². The molecule has 1 atom stereocenters. The summed E-state index contributed by atoms with van der Waals surface area (Å²) in [6.45, 7) is 1.76. The van der Waals surface area contributed by atoms with Crippen molar-refractivity contribution in [2.75, 3.05) is 0 Å². The van der Waals surface area contributed by atoms with Crippen LogP contribution < -0.4 is 4.74 Å². The zero-order chi connectivity index (χ0) is 15.7. The summed E-state index contributed by atoms with van der Waals surface area (Å²) < 4.78 is 7.23. The summed E-state index contributed by atoms with van der Waals surface area (Å²) in [5, 5.41) is 15.4. The molecule has 0 bridgehead atoms. The normalized spacial score (nSPS) is 12.3. The van der Waals surface area contributed by atoms with Gasteiger partial charge in [0.25, 0.3) is 5.78 Å². The molecule has 0 radical (unpaired) electrons. The molecule has 2 heterocycles. The Kier molecular flexibility index (Phi) is 3.60. The average Bonchev–Trinajstić information content (AvgIpc) is 2.97. The third-order valence-electron chi connectivity index (χ3n) is 3.05. The molecule has 112 valence electrons. The molecule has 3 aromatic rings. The standard InChI is InChI=1S/C13H10ClN5O3/c1-8(10-4-5-15-13-16-7-17-18(10)13)22-12-3-2-9(14)6-11(12)19(20)21/h2-8H,1H3. The highest BCUT2D eigenvalue weighted by atomic mass is 35.5. The Morgan fingerprint density at radius 3 is 2.95 bits per heavy atom. The van der Waals surface area contributed by atoms with Gasteiger partial charge in [0.15, 0.2) is 5.75 Å². The predicted octanol–water partition coefficient (Wildman–Crippen LogP) is 2.83. The fraction of sp³-hybridized carbons (Fsp3) is 0.154. The van der Waals surface area contributed by atoms with Crippen molar-refractivity contribution < 1.29 is 9.66 Å². The minimum atomic E-state index is -0.536. The van der Waals surface area contributed by atoms with E-state index in [1.54, 1.807) is 19.2 Å². The zero-order valence-corrected chi connectivity index (χ0v) is 12.1. The first-order valence-corrected chi connectivity index (χ1v) is 6.69. The van der Waals surface area contributed by atoms with Crippen LogP contribution in [0.2, 0.25) is 5.02 Å². The SMILES string of the molecule is CC(Oc1ccc(Cl)cc1[N+](=O)[O-])c1ccnc2ncnn12. The lowest BCUT2D eigenvalue weighted by molar-refractivity contribution is -0.386. The van der Waals surface area contributed by atoms with Gasteiger partial charge in [0.05, 0.1) is 10.6 Å². The van der Waals surface area contributed by atoms with Gasteiger partial charge in [-0.2, -0.15) is 14.6 Å². The molecular formula is C13H10ClN5O3. The summed E-state index contributed by atoms with van der Waals surface area (Å²) in [4.78, 5) is 18.6. The first-order chi connectivity index (χ1) is 10.6. The van der Waals surface area contributed by atoms with E-state index in [1.165, 1.54) is 29.0 Å². The largest absolute Gasteiger partial charge is 0.477 e. The number of halogens is 1. The van der Waals surface area contributed by atoms with Crippen LogP contribution in [0.1, 0.15) is 18.7 Å². The molecule has 0 saturated carbocycles. The van der Waals surface area contributed by atoms with Crippen LogP contribution in [0.4, 0.5) is 5.69 Å². The molecule has 0 aliphatic heterocycles. The van der Waals surface area contributed by atoms with E-state index in [0.29, 0.717) is 11.5 Å². The highest BCUT2D eigenvalue weighted by Crippen LogP contribution is 2.33. The third kappa shape index (κ3) is 2.56. The quantitative estimate of drug-likeness (QED) is 0.542. The topological polar surface area (TPSA) is 95.5 Å². The van der Waals surface area contributed by atoms with Gasteiger partial charge in [-0.3, -0.25) is 10.1 Å². The highest BCUT2D eigenvalue weighted by molar-refractivity contribution is 6.30. The van der Waals surface area contributed by atoms with E-state index in [9.17, 15) is 10.1 Å². The van der Waals surface area contributed by atoms with Crippen LogP contribution >= 0.6 is 11.6 Å². The second-order valence-electron chi connectivity index (χ2n) is 4.47. The Labute approximate surface area is 129 Å². The lowest BCUT2D eigenvalue weighted by Crippen LogP contribution is -2.10. The van der Waals surface area contributed by atoms with Crippen molar-refractivity contribution in [3.05, 3.63) is 57.6 Å². The molecule has 0 N–H and O–H groups in total. The van der Waals surface area contributed by atoms with Crippen molar-refractivity contribution in [2.45, 2.75) is 13.0 Å². The van der Waals surface area contributed by atoms with E-state index < -0.39 is 11.0 Å². The summed E-state index contributed by atoms with van der Waals surface area (Å²) in [6, 6.07) is 5.97. The van der Waals surface area contributed by atoms with E-state index in [-0.39, 0.29) is 16.5 Å². The number of nitro benzene ring substituents is 1. The maximum absolute atomic E-state index is 11.1. The molecule has 0 aliphatic carbocycles. The molecular weight excluding hydrogens is 310 g/mol. The Morgan fingerprint density at radius 1 is 1.36 bits per heavy atom. The van der Waals surface area contributed by atoms with Gasteiger partial charge in [0, 0.05) is 17.3 Å². The van der Waals surface area contributed by atoms with Crippen molar-refractivity contribution in [3.8, 4) is 5.75 Å². The molecule has 1 aromatic carbocycles. The van der Waals surface area contributed by atoms with E-state index in [0.717, 1.165) is 0 Å². The van der Waals surface area contributed by atoms with Gasteiger partial charge >= 0.3 is 5.69 Å². The van der Waals surface area contributed by atoms with E-state index in [2.05, 4.69) is 15.1 Å². The van der Waals surface area contributed by atoms with Crippen molar-refractivity contribution >= 4 is 23.1 Å². The smallest absolute Gasteiger partial charge is 0.312 e. The van der Waals surface area contributed by atoms with E-state index >= 15 is 0 Å². The van der Waals surface area contributed by atoms with Crippen LogP contribution in [0.3, 0.4) is 0 Å². The molecule has 22 heavy (non-hydrogen) atoms. The van der Waals surface area contributed by atoms with Crippen LogP contribution in [-0.2, 0) is 0 Å². The number of ether oxygens (including phenoxy) is 1. The van der Waals surface area contributed by atoms with Crippen molar-refractivity contribution in [1.82, 2.24) is 19.6 Å². The molecule has 3 rings (SSSR count). The Morgan fingerprint density at radius 2 is 2.18 bits per heavy atom. The maximum Gasteiger partial charge on any atom is 0.312 e. The number of benzene rings is 1. The number of aromatic nitrogens is 4. The minimum absolute atomic E-state index is 0.131. The monoisotopic (exact) mass is 319 g/mol. The molecule has 0 saturated heterocycles. The van der Waals surface area contributed by atoms with Crippen molar-refractivity contribution in [3.63, 3.8) is 0 Å². The van der Waals surface area contributed by atoms with Crippen LogP contribution in [0.5, 0.6) is 5.75 Å². The van der Waals surface area contributed by atoms with Crippen LogP contribution in [0.25, 0.3) is 5.78 Å². The molecule has 2 aromatic heterocycles. The third-order valence-corrected chi connectivity index (χ3v) is 3.28. The molecule has 1 unspecified atom stereocenters. The van der Waals surface area contributed by atoms with E-state index in [4.69, 9.17) is 16.3 Å². The Bertz CT molecular complexity index is 851. The number of nitrogens with zero attached hydrogens (tertiary/aromatic N) is 5. The van der Waals surface area contributed by atoms with Gasteiger partial charge < -0.3 is 4.74 Å². The Balaban J connectivity index is 1.96. The van der Waals surface area contributed by atoms with Crippen molar-refractivity contribution in [1.29, 1.82) is 0 Å². The van der Waals surface area contributed by atoms with Gasteiger partial charge in [-0.1, -0.05) is 11.6 Å². The Hall–Kier alpha value is -2.74. The lowest BCUT2D eigenvalue weighted by atomic mass is 10.2. The summed E-state index contributed by atoms with van der Waals surface area (Å²) in [5.41, 5.74) is 0.481. The summed E-state index contributed by atoms with van der Waals surface area (Å²) >= 11 is 5.79. The zero-order valence-electron chi connectivity index (χ0n) is 11.4. The summed E-state index contributed by atoms with van der Waals surface area (Å²) in [6.07, 6.45) is 2.46. The predicted molar refractivity (Wildman–Crippen MR) is 77.9 cm³/mol. The van der Waals surface area contributed by atoms with Crippen LogP contribution in [0.15, 0.2) is 36.8 Å². The summed E-state index contributed by atoms with van der Waals surface area (Å²) in [7, 11) is 0. The lowest BCUT2D eigenvalue weighted by Gasteiger charge is -2.15. The molecule has 0 aliphatic rings. The highest BCUT2D eigenvalue weighted by Gasteiger charge is 2.20. The maximum atomic E-state index is 11.1. The number of rotatable bonds is 4. The van der Waals surface area contributed by atoms with Gasteiger partial charge in [-0.15, -0.1) is 0 Å². The average molecular weight is 320 g/mol. The number of nitro groups is 1. The van der Waals surface area contributed by atoms with Gasteiger partial charge in [0.2, 0.25) is 0 Å². The van der Waals surface area contributed by atoms with Crippen molar-refractivity contribution in [2.24, 2.45) is 0 Å². The molecule has 9 heteroatoms. The number of hydrogen-bond donors (Lipinski definition) is 0. The van der Waals surface area contributed by atoms with Crippen LogP contribution in [0, 0.1) is 10.1 Å². The molecule has 0 spiro atoms. The van der Waals surface area contributed by atoms with E-state index in [1.807, 2.05) is 0 Å².